The van der Waals surface area contributed by atoms with Crippen molar-refractivity contribution in [3.05, 3.63) is 53.1 Å². The number of hydrazine groups is 1. The predicted molar refractivity (Wildman–Crippen MR) is 95.8 cm³/mol. The van der Waals surface area contributed by atoms with Crippen molar-refractivity contribution in [3.63, 3.8) is 0 Å². The SMILES string of the molecule is Cc1cc(C)nc(NNC(=O)C(NC(=O)c2ccccc2F)C(C)C)n1. The maximum absolute atomic E-state index is 13.7. The molecule has 1 atom stereocenters. The molecule has 1 unspecified atom stereocenters. The predicted octanol–water partition coefficient (Wildman–Crippen LogP) is 2.13. The number of nitrogens with one attached hydrogen (secondary N) is 3. The maximum atomic E-state index is 13.7. The lowest BCUT2D eigenvalue weighted by molar-refractivity contribution is -0.123. The van der Waals surface area contributed by atoms with Gasteiger partial charge in [-0.3, -0.25) is 20.4 Å². The van der Waals surface area contributed by atoms with Gasteiger partial charge in [0, 0.05) is 11.4 Å². The second kappa shape index (κ2) is 8.37. The van der Waals surface area contributed by atoms with E-state index in [9.17, 15) is 14.0 Å². The van der Waals surface area contributed by atoms with Gasteiger partial charge in [0.05, 0.1) is 5.56 Å². The van der Waals surface area contributed by atoms with Crippen molar-refractivity contribution < 1.29 is 14.0 Å². The van der Waals surface area contributed by atoms with Crippen molar-refractivity contribution in [1.82, 2.24) is 20.7 Å². The lowest BCUT2D eigenvalue weighted by Crippen LogP contribution is -2.51. The molecule has 1 aromatic heterocycles. The lowest BCUT2D eigenvalue weighted by atomic mass is 10.0. The summed E-state index contributed by atoms with van der Waals surface area (Å²) in [4.78, 5) is 33.0. The first kappa shape index (κ1) is 19.3. The number of nitrogens with zero attached hydrogens (tertiary/aromatic N) is 2. The standard InChI is InChI=1S/C18H22FN5O2/c1-10(2)15(22-16(25)13-7-5-6-8-14(13)19)17(26)23-24-18-20-11(3)9-12(4)21-18/h5-10,15H,1-4H3,(H,22,25)(H,23,26)(H,20,21,24). The Morgan fingerprint density at radius 1 is 1.08 bits per heavy atom. The number of anilines is 1. The summed E-state index contributed by atoms with van der Waals surface area (Å²) in [6.07, 6.45) is 0. The summed E-state index contributed by atoms with van der Waals surface area (Å²) in [6, 6.07) is 6.55. The molecule has 0 radical (unpaired) electrons. The van der Waals surface area contributed by atoms with Gasteiger partial charge in [-0.05, 0) is 38.0 Å². The number of aryl methyl sites for hydroxylation is 2. The van der Waals surface area contributed by atoms with E-state index in [2.05, 4.69) is 26.1 Å². The van der Waals surface area contributed by atoms with Crippen molar-refractivity contribution in [1.29, 1.82) is 0 Å². The van der Waals surface area contributed by atoms with Gasteiger partial charge in [-0.1, -0.05) is 26.0 Å². The van der Waals surface area contributed by atoms with Gasteiger partial charge in [-0.15, -0.1) is 0 Å². The van der Waals surface area contributed by atoms with Crippen molar-refractivity contribution in [2.45, 2.75) is 33.7 Å². The van der Waals surface area contributed by atoms with Gasteiger partial charge in [-0.2, -0.15) is 0 Å². The highest BCUT2D eigenvalue weighted by atomic mass is 19.1. The molecular weight excluding hydrogens is 337 g/mol. The number of hydrogen-bond donors (Lipinski definition) is 3. The van der Waals surface area contributed by atoms with Crippen LogP contribution in [0.3, 0.4) is 0 Å². The molecule has 0 bridgehead atoms. The molecule has 7 nitrogen and oxygen atoms in total. The first-order chi connectivity index (χ1) is 12.3. The fourth-order valence-corrected chi connectivity index (χ4v) is 2.38. The zero-order chi connectivity index (χ0) is 19.3. The normalized spacial score (nSPS) is 11.8. The summed E-state index contributed by atoms with van der Waals surface area (Å²) < 4.78 is 13.7. The molecular formula is C18H22FN5O2. The third-order valence-electron chi connectivity index (χ3n) is 3.63. The van der Waals surface area contributed by atoms with Crippen LogP contribution in [0.2, 0.25) is 0 Å². The first-order valence-corrected chi connectivity index (χ1v) is 8.21. The summed E-state index contributed by atoms with van der Waals surface area (Å²) in [5.74, 6) is -1.74. The van der Waals surface area contributed by atoms with Gasteiger partial charge in [0.25, 0.3) is 11.8 Å². The van der Waals surface area contributed by atoms with Crippen LogP contribution in [-0.4, -0.2) is 27.8 Å². The Morgan fingerprint density at radius 2 is 1.69 bits per heavy atom. The average Bonchev–Trinajstić information content (AvgIpc) is 2.56. The summed E-state index contributed by atoms with van der Waals surface area (Å²) in [5.41, 5.74) is 6.51. The number of carbonyl (C=O) groups is 2. The number of amides is 2. The Bertz CT molecular complexity index is 790. The number of halogens is 1. The van der Waals surface area contributed by atoms with Crippen molar-refractivity contribution >= 4 is 17.8 Å². The van der Waals surface area contributed by atoms with E-state index in [1.807, 2.05) is 13.8 Å². The van der Waals surface area contributed by atoms with E-state index in [1.54, 1.807) is 26.0 Å². The molecule has 2 amide bonds. The molecule has 138 valence electrons. The van der Waals surface area contributed by atoms with Crippen LogP contribution in [0.25, 0.3) is 0 Å². The molecule has 0 spiro atoms. The van der Waals surface area contributed by atoms with Gasteiger partial charge >= 0.3 is 0 Å². The van der Waals surface area contributed by atoms with Gasteiger partial charge in [0.15, 0.2) is 0 Å². The maximum Gasteiger partial charge on any atom is 0.261 e. The zero-order valence-corrected chi connectivity index (χ0v) is 15.1. The van der Waals surface area contributed by atoms with Crippen LogP contribution in [0.4, 0.5) is 10.3 Å². The Morgan fingerprint density at radius 3 is 2.27 bits per heavy atom. The molecule has 0 aliphatic rings. The molecule has 0 saturated carbocycles. The van der Waals surface area contributed by atoms with Crippen LogP contribution in [0, 0.1) is 25.6 Å². The minimum Gasteiger partial charge on any atom is -0.340 e. The molecule has 1 heterocycles. The van der Waals surface area contributed by atoms with E-state index in [0.717, 1.165) is 11.4 Å². The molecule has 0 fully saturated rings. The van der Waals surface area contributed by atoms with E-state index in [0.29, 0.717) is 0 Å². The van der Waals surface area contributed by atoms with Crippen LogP contribution in [0.15, 0.2) is 30.3 Å². The number of hydrogen-bond acceptors (Lipinski definition) is 5. The van der Waals surface area contributed by atoms with E-state index in [4.69, 9.17) is 0 Å². The van der Waals surface area contributed by atoms with E-state index >= 15 is 0 Å². The summed E-state index contributed by atoms with van der Waals surface area (Å²) in [5, 5.41) is 2.56. The van der Waals surface area contributed by atoms with Crippen molar-refractivity contribution in [2.75, 3.05) is 5.43 Å². The Balaban J connectivity index is 2.05. The van der Waals surface area contributed by atoms with Gasteiger partial charge < -0.3 is 5.32 Å². The third-order valence-corrected chi connectivity index (χ3v) is 3.63. The molecule has 2 rings (SSSR count). The topological polar surface area (TPSA) is 96.0 Å². The second-order valence-corrected chi connectivity index (χ2v) is 6.26. The Kier molecular flexibility index (Phi) is 6.21. The highest BCUT2D eigenvalue weighted by Gasteiger charge is 2.25. The molecule has 2 aromatic rings. The first-order valence-electron chi connectivity index (χ1n) is 8.21. The molecule has 0 aliphatic carbocycles. The smallest absolute Gasteiger partial charge is 0.261 e. The van der Waals surface area contributed by atoms with Gasteiger partial charge in [0.2, 0.25) is 5.95 Å². The molecule has 8 heteroatoms. The fourth-order valence-electron chi connectivity index (χ4n) is 2.38. The fraction of sp³-hybridized carbons (Fsp3) is 0.333. The van der Waals surface area contributed by atoms with Gasteiger partial charge in [0.1, 0.15) is 11.9 Å². The molecule has 1 aromatic carbocycles. The number of aromatic nitrogens is 2. The summed E-state index contributed by atoms with van der Waals surface area (Å²) in [6.45, 7) is 7.18. The lowest BCUT2D eigenvalue weighted by Gasteiger charge is -2.22. The molecule has 0 aliphatic heterocycles. The van der Waals surface area contributed by atoms with E-state index in [-0.39, 0.29) is 17.4 Å². The average molecular weight is 359 g/mol. The van der Waals surface area contributed by atoms with Gasteiger partial charge in [-0.25, -0.2) is 14.4 Å². The minimum atomic E-state index is -0.861. The number of carbonyl (C=O) groups excluding carboxylic acids is 2. The minimum absolute atomic E-state index is 0.114. The summed E-state index contributed by atoms with van der Waals surface area (Å²) >= 11 is 0. The monoisotopic (exact) mass is 359 g/mol. The van der Waals surface area contributed by atoms with Crippen LogP contribution in [0.1, 0.15) is 35.6 Å². The van der Waals surface area contributed by atoms with E-state index < -0.39 is 23.7 Å². The highest BCUT2D eigenvalue weighted by molar-refractivity contribution is 5.97. The quantitative estimate of drug-likeness (QED) is 0.687. The van der Waals surface area contributed by atoms with Crippen molar-refractivity contribution in [2.24, 2.45) is 5.92 Å². The zero-order valence-electron chi connectivity index (χ0n) is 15.1. The molecule has 26 heavy (non-hydrogen) atoms. The van der Waals surface area contributed by atoms with Crippen LogP contribution < -0.4 is 16.2 Å². The van der Waals surface area contributed by atoms with Crippen LogP contribution in [-0.2, 0) is 4.79 Å². The largest absolute Gasteiger partial charge is 0.340 e. The second-order valence-electron chi connectivity index (χ2n) is 6.26. The van der Waals surface area contributed by atoms with Crippen molar-refractivity contribution in [3.8, 4) is 0 Å². The number of rotatable bonds is 6. The van der Waals surface area contributed by atoms with Crippen LogP contribution in [0.5, 0.6) is 0 Å². The van der Waals surface area contributed by atoms with E-state index in [1.165, 1.54) is 18.2 Å². The van der Waals surface area contributed by atoms with Crippen LogP contribution >= 0.6 is 0 Å². The Labute approximate surface area is 151 Å². The third kappa shape index (κ3) is 4.98. The summed E-state index contributed by atoms with van der Waals surface area (Å²) in [7, 11) is 0. The molecule has 3 N–H and O–H groups in total. The molecule has 0 saturated heterocycles. The Hall–Kier alpha value is -3.03. The highest BCUT2D eigenvalue weighted by Crippen LogP contribution is 2.09. The number of benzene rings is 1.